The molecule has 0 saturated carbocycles. The van der Waals surface area contributed by atoms with Gasteiger partial charge in [0.25, 0.3) is 0 Å². The van der Waals surface area contributed by atoms with E-state index in [2.05, 4.69) is 23.5 Å². The van der Waals surface area contributed by atoms with Gasteiger partial charge in [0.1, 0.15) is 0 Å². The summed E-state index contributed by atoms with van der Waals surface area (Å²) in [5.41, 5.74) is 1.27. The Hall–Kier alpha value is -2.52. The summed E-state index contributed by atoms with van der Waals surface area (Å²) in [6.45, 7) is 4.02. The van der Waals surface area contributed by atoms with Crippen LogP contribution in [-0.4, -0.2) is 59.6 Å². The number of nitrogens with one attached hydrogen (secondary N) is 1. The molecule has 9 heteroatoms. The molecule has 4 rings (SSSR count). The number of carbonyl (C=O) groups excluding carboxylic acids is 2. The fourth-order valence-corrected chi connectivity index (χ4v) is 5.41. The summed E-state index contributed by atoms with van der Waals surface area (Å²) in [7, 11) is 0. The van der Waals surface area contributed by atoms with Crippen molar-refractivity contribution in [3.63, 3.8) is 0 Å². The average molecular weight is 464 g/mol. The molecule has 2 aliphatic heterocycles. The predicted octanol–water partition coefficient (Wildman–Crippen LogP) is 3.81. The first-order chi connectivity index (χ1) is 15.2. The van der Waals surface area contributed by atoms with Crippen LogP contribution in [0.25, 0.3) is 0 Å². The first-order valence-corrected chi connectivity index (χ1v) is 11.3. The normalized spacial score (nSPS) is 19.0. The summed E-state index contributed by atoms with van der Waals surface area (Å²) < 4.78 is 39.3. The number of thioether (sulfide) groups is 1. The summed E-state index contributed by atoms with van der Waals surface area (Å²) in [4.78, 5) is 30.1. The first kappa shape index (κ1) is 22.7. The number of alkyl halides is 3. The molecule has 2 aromatic carbocycles. The molecule has 1 atom stereocenters. The predicted molar refractivity (Wildman–Crippen MR) is 118 cm³/mol. The highest BCUT2D eigenvalue weighted by atomic mass is 32.2. The van der Waals surface area contributed by atoms with E-state index >= 15 is 0 Å². The summed E-state index contributed by atoms with van der Waals surface area (Å²) in [6, 6.07) is 11.2. The Labute approximate surface area is 189 Å². The lowest BCUT2D eigenvalue weighted by Crippen LogP contribution is -2.52. The van der Waals surface area contributed by atoms with Crippen molar-refractivity contribution in [2.75, 3.05) is 38.0 Å². The number of nitrogens with zero attached hydrogens (tertiary/aromatic N) is 2. The largest absolute Gasteiger partial charge is 0.418 e. The van der Waals surface area contributed by atoms with Crippen LogP contribution in [0, 0.1) is 6.92 Å². The molecule has 0 bridgehead atoms. The van der Waals surface area contributed by atoms with Gasteiger partial charge in [0.2, 0.25) is 11.8 Å². The molecule has 0 aromatic heterocycles. The Balaban J connectivity index is 1.27. The molecule has 170 valence electrons. The number of hydrogen-bond acceptors (Lipinski definition) is 4. The number of piperazine rings is 1. The maximum Gasteiger partial charge on any atom is 0.418 e. The molecule has 2 aromatic rings. The SMILES string of the molecule is Cc1ccc2c(c1)S[C@H](C(=O)N1CCN(CC(=O)Nc3ccccc3C(F)(F)F)CC1)C2. The molecule has 0 aliphatic carbocycles. The molecule has 5 nitrogen and oxygen atoms in total. The number of fused-ring (bicyclic) bond motifs is 1. The third-order valence-corrected chi connectivity index (χ3v) is 7.02. The molecule has 32 heavy (non-hydrogen) atoms. The third kappa shape index (κ3) is 5.10. The number of hydrogen-bond donors (Lipinski definition) is 1. The fourth-order valence-electron chi connectivity index (χ4n) is 4.03. The van der Waals surface area contributed by atoms with Crippen LogP contribution in [-0.2, 0) is 22.2 Å². The van der Waals surface area contributed by atoms with Crippen LogP contribution < -0.4 is 5.32 Å². The minimum atomic E-state index is -4.54. The van der Waals surface area contributed by atoms with E-state index in [0.717, 1.165) is 17.4 Å². The molecular formula is C23H24F3N3O2S. The zero-order chi connectivity index (χ0) is 22.9. The van der Waals surface area contributed by atoms with Gasteiger partial charge in [0.15, 0.2) is 0 Å². The minimum Gasteiger partial charge on any atom is -0.339 e. The Morgan fingerprint density at radius 1 is 1.09 bits per heavy atom. The van der Waals surface area contributed by atoms with Crippen LogP contribution in [0.4, 0.5) is 18.9 Å². The number of aryl methyl sites for hydroxylation is 1. The van der Waals surface area contributed by atoms with Crippen molar-refractivity contribution in [1.82, 2.24) is 9.80 Å². The van der Waals surface area contributed by atoms with Crippen molar-refractivity contribution in [1.29, 1.82) is 0 Å². The molecule has 1 saturated heterocycles. The maximum atomic E-state index is 13.1. The monoisotopic (exact) mass is 463 g/mol. The molecule has 2 amide bonds. The number of amides is 2. The summed E-state index contributed by atoms with van der Waals surface area (Å²) in [5, 5.41) is 2.25. The first-order valence-electron chi connectivity index (χ1n) is 10.4. The van der Waals surface area contributed by atoms with Gasteiger partial charge >= 0.3 is 6.18 Å². The van der Waals surface area contributed by atoms with Gasteiger partial charge in [-0.2, -0.15) is 13.2 Å². The zero-order valence-electron chi connectivity index (χ0n) is 17.6. The lowest BCUT2D eigenvalue weighted by atomic mass is 10.1. The molecule has 2 aliphatic rings. The van der Waals surface area contributed by atoms with Gasteiger partial charge in [-0.25, -0.2) is 0 Å². The van der Waals surface area contributed by atoms with E-state index in [9.17, 15) is 22.8 Å². The maximum absolute atomic E-state index is 13.1. The van der Waals surface area contributed by atoms with Crippen LogP contribution in [0.1, 0.15) is 16.7 Å². The second-order valence-corrected chi connectivity index (χ2v) is 9.36. The van der Waals surface area contributed by atoms with Gasteiger partial charge in [0, 0.05) is 31.1 Å². The van der Waals surface area contributed by atoms with Crippen LogP contribution >= 0.6 is 11.8 Å². The van der Waals surface area contributed by atoms with E-state index < -0.39 is 17.6 Å². The van der Waals surface area contributed by atoms with Gasteiger partial charge in [-0.3, -0.25) is 14.5 Å². The van der Waals surface area contributed by atoms with Crippen molar-refractivity contribution in [2.45, 2.75) is 29.7 Å². The number of anilines is 1. The molecule has 0 unspecified atom stereocenters. The molecule has 1 fully saturated rings. The number of benzene rings is 2. The highest BCUT2D eigenvalue weighted by molar-refractivity contribution is 8.01. The topological polar surface area (TPSA) is 52.7 Å². The van der Waals surface area contributed by atoms with Crippen LogP contribution in [0.5, 0.6) is 0 Å². The van der Waals surface area contributed by atoms with Crippen LogP contribution in [0.2, 0.25) is 0 Å². The van der Waals surface area contributed by atoms with E-state index in [0.29, 0.717) is 26.2 Å². The van der Waals surface area contributed by atoms with Crippen molar-refractivity contribution in [2.24, 2.45) is 0 Å². The Kier molecular flexibility index (Phi) is 6.48. The molecule has 1 N–H and O–H groups in total. The van der Waals surface area contributed by atoms with Gasteiger partial charge < -0.3 is 10.2 Å². The summed E-state index contributed by atoms with van der Waals surface area (Å²) in [6.07, 6.45) is -3.81. The lowest BCUT2D eigenvalue weighted by Gasteiger charge is -2.35. The quantitative estimate of drug-likeness (QED) is 0.749. The fraction of sp³-hybridized carbons (Fsp3) is 0.391. The van der Waals surface area contributed by atoms with Crippen molar-refractivity contribution in [3.8, 4) is 0 Å². The van der Waals surface area contributed by atoms with Crippen molar-refractivity contribution < 1.29 is 22.8 Å². The molecule has 0 spiro atoms. The molecular weight excluding hydrogens is 439 g/mol. The Morgan fingerprint density at radius 3 is 2.53 bits per heavy atom. The van der Waals surface area contributed by atoms with E-state index in [1.54, 1.807) is 11.8 Å². The summed E-state index contributed by atoms with van der Waals surface area (Å²) >= 11 is 1.61. The zero-order valence-corrected chi connectivity index (χ0v) is 18.4. The minimum absolute atomic E-state index is 0.0167. The average Bonchev–Trinajstić information content (AvgIpc) is 3.16. The van der Waals surface area contributed by atoms with E-state index in [1.165, 1.54) is 29.3 Å². The number of rotatable bonds is 4. The van der Waals surface area contributed by atoms with E-state index in [4.69, 9.17) is 0 Å². The van der Waals surface area contributed by atoms with Crippen molar-refractivity contribution >= 4 is 29.3 Å². The highest BCUT2D eigenvalue weighted by Gasteiger charge is 2.35. The standard InChI is InChI=1S/C23H24F3N3O2S/c1-15-6-7-16-13-20(32-19(16)12-15)22(31)29-10-8-28(9-11-29)14-21(30)27-18-5-3-2-4-17(18)23(24,25)26/h2-7,12,20H,8-11,13-14H2,1H3,(H,27,30)/t20-/m0/s1. The van der Waals surface area contributed by atoms with Gasteiger partial charge in [0.05, 0.1) is 23.0 Å². The summed E-state index contributed by atoms with van der Waals surface area (Å²) in [5.74, 6) is -0.397. The molecule has 2 heterocycles. The Bertz CT molecular complexity index is 1020. The van der Waals surface area contributed by atoms with Gasteiger partial charge in [-0.1, -0.05) is 29.8 Å². The molecule has 0 radical (unpaired) electrons. The lowest BCUT2D eigenvalue weighted by molar-refractivity contribution is -0.137. The second kappa shape index (κ2) is 9.15. The van der Waals surface area contributed by atoms with Gasteiger partial charge in [-0.15, -0.1) is 11.8 Å². The highest BCUT2D eigenvalue weighted by Crippen LogP contribution is 2.38. The Morgan fingerprint density at radius 2 is 1.81 bits per heavy atom. The third-order valence-electron chi connectivity index (χ3n) is 5.73. The van der Waals surface area contributed by atoms with Crippen LogP contribution in [0.15, 0.2) is 47.4 Å². The number of halogens is 3. The van der Waals surface area contributed by atoms with E-state index in [-0.39, 0.29) is 23.4 Å². The number of carbonyl (C=O) groups is 2. The smallest absolute Gasteiger partial charge is 0.339 e. The number of para-hydroxylation sites is 1. The van der Waals surface area contributed by atoms with Crippen molar-refractivity contribution in [3.05, 3.63) is 59.2 Å². The van der Waals surface area contributed by atoms with Crippen LogP contribution in [0.3, 0.4) is 0 Å². The second-order valence-electron chi connectivity index (χ2n) is 8.11. The van der Waals surface area contributed by atoms with Gasteiger partial charge in [-0.05, 0) is 37.1 Å². The van der Waals surface area contributed by atoms with E-state index in [1.807, 2.05) is 16.7 Å².